The van der Waals surface area contributed by atoms with Crippen LogP contribution in [0.25, 0.3) is 12.2 Å². The third kappa shape index (κ3) is 4.70. The monoisotopic (exact) mass is 429 g/mol. The summed E-state index contributed by atoms with van der Waals surface area (Å²) >= 11 is 19.1. The number of nitrogens with zero attached hydrogens (tertiary/aromatic N) is 3. The lowest BCUT2D eigenvalue weighted by molar-refractivity contribution is 1.30. The Hall–Kier alpha value is -0.670. The van der Waals surface area contributed by atoms with Crippen molar-refractivity contribution >= 4 is 82.4 Å². The molecule has 0 fully saturated rings. The first-order chi connectivity index (χ1) is 11.5. The second-order valence-corrected chi connectivity index (χ2v) is 9.41. The first-order valence-corrected chi connectivity index (χ1v) is 11.1. The van der Waals surface area contributed by atoms with Crippen molar-refractivity contribution in [1.82, 2.24) is 4.98 Å². The van der Waals surface area contributed by atoms with Gasteiger partial charge in [-0.3, -0.25) is 0 Å². The number of aromatic nitrogens is 1. The summed E-state index contributed by atoms with van der Waals surface area (Å²) in [7, 11) is 0. The largest absolute Gasteiger partial charge is 0.223 e. The van der Waals surface area contributed by atoms with Gasteiger partial charge in [0.25, 0.3) is 0 Å². The summed E-state index contributed by atoms with van der Waals surface area (Å²) < 4.78 is 3.60. The van der Waals surface area contributed by atoms with Gasteiger partial charge < -0.3 is 0 Å². The van der Waals surface area contributed by atoms with Crippen LogP contribution in [0.1, 0.15) is 11.1 Å². The van der Waals surface area contributed by atoms with Gasteiger partial charge in [-0.25, -0.2) is 4.98 Å². The van der Waals surface area contributed by atoms with Crippen molar-refractivity contribution in [3.05, 3.63) is 45.8 Å². The van der Waals surface area contributed by atoms with Crippen LogP contribution in [-0.4, -0.2) is 17.5 Å². The Labute approximate surface area is 167 Å². The number of hydrogen-bond acceptors (Lipinski definition) is 7. The van der Waals surface area contributed by atoms with Crippen molar-refractivity contribution in [1.29, 1.82) is 10.5 Å². The normalized spacial score (nSPS) is 13.5. The maximum Gasteiger partial charge on any atom is 0.138 e. The van der Waals surface area contributed by atoms with Crippen LogP contribution in [0.15, 0.2) is 24.4 Å². The zero-order valence-corrected chi connectivity index (χ0v) is 17.2. The third-order valence-corrected chi connectivity index (χ3v) is 8.41. The van der Waals surface area contributed by atoms with E-state index >= 15 is 0 Å². The van der Waals surface area contributed by atoms with Crippen LogP contribution in [0.2, 0.25) is 10.3 Å². The third-order valence-electron chi connectivity index (χ3n) is 2.72. The molecule has 1 aliphatic rings. The number of allylic oxidation sites excluding steroid dienone is 1. The highest BCUT2D eigenvalue weighted by Gasteiger charge is 2.20. The highest BCUT2D eigenvalue weighted by Crippen LogP contribution is 2.56. The van der Waals surface area contributed by atoms with E-state index in [9.17, 15) is 0 Å². The van der Waals surface area contributed by atoms with Gasteiger partial charge in [0, 0.05) is 11.1 Å². The molecule has 24 heavy (non-hydrogen) atoms. The molecule has 0 radical (unpaired) electrons. The molecule has 0 aromatic carbocycles. The topological polar surface area (TPSA) is 60.5 Å². The maximum atomic E-state index is 8.89. The standard InChI is InChI=1S/C15H9Cl2N3S4/c1-21-14-15(22-2)24-11(23-14)5-10-4-9(3-8(6-18)7-19)12(16)20-13(10)17/h3-5H,1-2H3. The van der Waals surface area contributed by atoms with E-state index < -0.39 is 0 Å². The van der Waals surface area contributed by atoms with Gasteiger partial charge in [-0.2, -0.15) is 10.5 Å². The molecule has 0 saturated carbocycles. The Bertz CT molecular complexity index is 814. The fraction of sp³-hybridized carbons (Fsp3) is 0.133. The van der Waals surface area contributed by atoms with Gasteiger partial charge in [0.05, 0.1) is 12.7 Å². The van der Waals surface area contributed by atoms with Crippen molar-refractivity contribution in [3.8, 4) is 12.1 Å². The number of pyridine rings is 1. The van der Waals surface area contributed by atoms with Crippen LogP contribution in [0.5, 0.6) is 0 Å². The van der Waals surface area contributed by atoms with Crippen LogP contribution in [-0.2, 0) is 0 Å². The lowest BCUT2D eigenvalue weighted by atomic mass is 10.1. The summed E-state index contributed by atoms with van der Waals surface area (Å²) in [5.74, 6) is 0. The van der Waals surface area contributed by atoms with Crippen LogP contribution < -0.4 is 0 Å². The fourth-order valence-corrected chi connectivity index (χ4v) is 7.03. The van der Waals surface area contributed by atoms with E-state index in [-0.39, 0.29) is 15.9 Å². The van der Waals surface area contributed by atoms with Crippen LogP contribution in [0, 0.1) is 22.7 Å². The Balaban J connectivity index is 2.40. The van der Waals surface area contributed by atoms with Gasteiger partial charge in [0.15, 0.2) is 0 Å². The van der Waals surface area contributed by atoms with Crippen molar-refractivity contribution in [2.24, 2.45) is 0 Å². The predicted molar refractivity (Wildman–Crippen MR) is 111 cm³/mol. The minimum atomic E-state index is -0.0414. The maximum absolute atomic E-state index is 8.89. The Morgan fingerprint density at radius 1 is 1.08 bits per heavy atom. The Kier molecular flexibility index (Phi) is 7.49. The number of nitriles is 2. The lowest BCUT2D eigenvalue weighted by Gasteiger charge is -2.04. The first kappa shape index (κ1) is 19.7. The fourth-order valence-electron chi connectivity index (χ4n) is 1.67. The summed E-state index contributed by atoms with van der Waals surface area (Å²) in [6.07, 6.45) is 7.44. The highest BCUT2D eigenvalue weighted by molar-refractivity contribution is 8.40. The summed E-state index contributed by atoms with van der Waals surface area (Å²) in [4.78, 5) is 4.10. The minimum Gasteiger partial charge on any atom is -0.223 e. The molecule has 1 aromatic heterocycles. The Morgan fingerprint density at radius 2 is 1.62 bits per heavy atom. The Morgan fingerprint density at radius 3 is 2.12 bits per heavy atom. The molecule has 3 nitrogen and oxygen atoms in total. The smallest absolute Gasteiger partial charge is 0.138 e. The number of halogens is 2. The summed E-state index contributed by atoms with van der Waals surface area (Å²) in [5, 5.41) is 18.2. The molecular weight excluding hydrogens is 421 g/mol. The van der Waals surface area contributed by atoms with Gasteiger partial charge in [-0.1, -0.05) is 46.7 Å². The average molecular weight is 430 g/mol. The quantitative estimate of drug-likeness (QED) is 0.402. The van der Waals surface area contributed by atoms with Crippen LogP contribution >= 0.6 is 70.2 Å². The molecule has 1 aliphatic heterocycles. The molecule has 0 N–H and O–H groups in total. The van der Waals surface area contributed by atoms with Gasteiger partial charge in [-0.15, -0.1) is 23.5 Å². The van der Waals surface area contributed by atoms with Crippen molar-refractivity contribution in [2.45, 2.75) is 0 Å². The molecule has 0 amide bonds. The summed E-state index contributed by atoms with van der Waals surface area (Å²) in [5.41, 5.74) is 1.14. The molecule has 2 rings (SSSR count). The van der Waals surface area contributed by atoms with E-state index in [0.717, 1.165) is 4.24 Å². The van der Waals surface area contributed by atoms with E-state index in [1.54, 1.807) is 65.3 Å². The predicted octanol–water partition coefficient (Wildman–Crippen LogP) is 6.45. The van der Waals surface area contributed by atoms with Crippen molar-refractivity contribution in [2.75, 3.05) is 12.5 Å². The molecular formula is C15H9Cl2N3S4. The van der Waals surface area contributed by atoms with Crippen LogP contribution in [0.3, 0.4) is 0 Å². The number of rotatable bonds is 4. The van der Waals surface area contributed by atoms with Crippen molar-refractivity contribution < 1.29 is 0 Å². The van der Waals surface area contributed by atoms with E-state index in [4.69, 9.17) is 33.7 Å². The molecule has 9 heteroatoms. The summed E-state index contributed by atoms with van der Waals surface area (Å²) in [6, 6.07) is 5.34. The molecule has 0 atom stereocenters. The molecule has 0 unspecified atom stereocenters. The SMILES string of the molecule is CSC1=C(SC)SC(=Cc2cc(C=C(C#N)C#N)c(Cl)nc2Cl)S1. The van der Waals surface area contributed by atoms with E-state index in [1.165, 1.54) is 14.6 Å². The van der Waals surface area contributed by atoms with Crippen molar-refractivity contribution in [3.63, 3.8) is 0 Å². The number of hydrogen-bond donors (Lipinski definition) is 0. The van der Waals surface area contributed by atoms with Gasteiger partial charge in [0.2, 0.25) is 0 Å². The van der Waals surface area contributed by atoms with Gasteiger partial charge >= 0.3 is 0 Å². The minimum absolute atomic E-state index is 0.0414. The highest BCUT2D eigenvalue weighted by atomic mass is 35.5. The molecule has 0 saturated heterocycles. The van der Waals surface area contributed by atoms with Crippen LogP contribution in [0.4, 0.5) is 0 Å². The molecule has 1 aromatic rings. The molecule has 0 aliphatic carbocycles. The zero-order chi connectivity index (χ0) is 17.7. The van der Waals surface area contributed by atoms with E-state index in [2.05, 4.69) is 4.98 Å². The van der Waals surface area contributed by atoms with E-state index in [1.807, 2.05) is 18.6 Å². The molecule has 2 heterocycles. The molecule has 0 bridgehead atoms. The second-order valence-electron chi connectivity index (χ2n) is 4.18. The lowest BCUT2D eigenvalue weighted by Crippen LogP contribution is -1.88. The van der Waals surface area contributed by atoms with E-state index in [0.29, 0.717) is 11.1 Å². The van der Waals surface area contributed by atoms with Gasteiger partial charge in [0.1, 0.15) is 28.0 Å². The summed E-state index contributed by atoms with van der Waals surface area (Å²) in [6.45, 7) is 0. The first-order valence-electron chi connectivity index (χ1n) is 6.30. The second kappa shape index (κ2) is 9.15. The zero-order valence-electron chi connectivity index (χ0n) is 12.5. The molecule has 122 valence electrons. The average Bonchev–Trinajstić information content (AvgIpc) is 2.98. The number of thioether (sulfide) groups is 4. The molecule has 0 spiro atoms. The van der Waals surface area contributed by atoms with Gasteiger partial charge in [-0.05, 0) is 30.7 Å².